The average Bonchev–Trinajstić information content (AvgIpc) is 3.53. The molecule has 0 bridgehead atoms. The standard InChI is InChI=1S/C26H31N3O3S2/c1-33-27-19-5-6-23-22(14-19)26(11-9-25(7-8-25)10-12-26)17-29(23)24(30)18-3-2-4-21(13-18)34(31)28-20-15-32-16-20/h2-6,13-14,20,27-28H,7-12,15-17H2,1H3. The van der Waals surface area contributed by atoms with Crippen LogP contribution >= 0.6 is 11.9 Å². The third kappa shape index (κ3) is 3.98. The molecule has 4 aliphatic rings. The Balaban J connectivity index is 1.29. The molecular weight excluding hydrogens is 466 g/mol. The van der Waals surface area contributed by atoms with Gasteiger partial charge in [0.2, 0.25) is 0 Å². The van der Waals surface area contributed by atoms with Crippen LogP contribution in [0.15, 0.2) is 47.4 Å². The predicted octanol–water partition coefficient (Wildman–Crippen LogP) is 4.64. The summed E-state index contributed by atoms with van der Waals surface area (Å²) in [6.45, 7) is 1.88. The van der Waals surface area contributed by atoms with Crippen molar-refractivity contribution in [3.05, 3.63) is 53.6 Å². The summed E-state index contributed by atoms with van der Waals surface area (Å²) in [4.78, 5) is 16.4. The van der Waals surface area contributed by atoms with Crippen LogP contribution in [0.3, 0.4) is 0 Å². The lowest BCUT2D eigenvalue weighted by molar-refractivity contribution is 0.00540. The lowest BCUT2D eigenvalue weighted by atomic mass is 9.66. The first-order valence-electron chi connectivity index (χ1n) is 12.1. The van der Waals surface area contributed by atoms with Gasteiger partial charge in [-0.05, 0) is 85.9 Å². The Bertz CT molecular complexity index is 1140. The van der Waals surface area contributed by atoms with Crippen LogP contribution in [0.1, 0.15) is 54.4 Å². The molecule has 1 amide bonds. The first-order chi connectivity index (χ1) is 16.5. The van der Waals surface area contributed by atoms with Crippen molar-refractivity contribution in [2.45, 2.75) is 54.9 Å². The quantitative estimate of drug-likeness (QED) is 0.569. The molecule has 0 aromatic heterocycles. The van der Waals surface area contributed by atoms with E-state index in [1.54, 1.807) is 18.0 Å². The number of carbonyl (C=O) groups excluding carboxylic acids is 1. The van der Waals surface area contributed by atoms with Crippen LogP contribution in [-0.4, -0.2) is 42.2 Å². The number of carbonyl (C=O) groups is 1. The lowest BCUT2D eigenvalue weighted by Crippen LogP contribution is -2.46. The van der Waals surface area contributed by atoms with E-state index >= 15 is 0 Å². The van der Waals surface area contributed by atoms with Gasteiger partial charge in [-0.2, -0.15) is 0 Å². The van der Waals surface area contributed by atoms with Crippen LogP contribution in [-0.2, 0) is 21.1 Å². The Morgan fingerprint density at radius 3 is 2.53 bits per heavy atom. The lowest BCUT2D eigenvalue weighted by Gasteiger charge is -2.38. The number of nitrogens with zero attached hydrogens (tertiary/aromatic N) is 1. The Morgan fingerprint density at radius 1 is 1.09 bits per heavy atom. The predicted molar refractivity (Wildman–Crippen MR) is 138 cm³/mol. The van der Waals surface area contributed by atoms with Gasteiger partial charge >= 0.3 is 0 Å². The van der Waals surface area contributed by atoms with E-state index < -0.39 is 11.0 Å². The smallest absolute Gasteiger partial charge is 0.258 e. The van der Waals surface area contributed by atoms with Gasteiger partial charge in [0, 0.05) is 35.2 Å². The zero-order chi connectivity index (χ0) is 23.3. The van der Waals surface area contributed by atoms with Crippen molar-refractivity contribution < 1.29 is 13.7 Å². The van der Waals surface area contributed by atoms with Crippen LogP contribution < -0.4 is 14.3 Å². The molecule has 2 aliphatic heterocycles. The summed E-state index contributed by atoms with van der Waals surface area (Å²) in [7, 11) is -1.37. The van der Waals surface area contributed by atoms with Crippen molar-refractivity contribution in [3.8, 4) is 0 Å². The van der Waals surface area contributed by atoms with Gasteiger partial charge in [0.1, 0.15) is 11.0 Å². The molecule has 2 saturated carbocycles. The van der Waals surface area contributed by atoms with E-state index in [-0.39, 0.29) is 17.4 Å². The maximum absolute atomic E-state index is 13.8. The molecule has 2 aromatic carbocycles. The van der Waals surface area contributed by atoms with Gasteiger partial charge in [-0.3, -0.25) is 4.79 Å². The summed E-state index contributed by atoms with van der Waals surface area (Å²) in [5.74, 6) is -0.0127. The maximum Gasteiger partial charge on any atom is 0.258 e. The summed E-state index contributed by atoms with van der Waals surface area (Å²) in [5.41, 5.74) is 4.63. The number of hydrogen-bond acceptors (Lipinski definition) is 5. The number of benzene rings is 2. The third-order valence-corrected chi connectivity index (χ3v) is 9.89. The van der Waals surface area contributed by atoms with Crippen LogP contribution in [0, 0.1) is 5.41 Å². The zero-order valence-corrected chi connectivity index (χ0v) is 21.1. The van der Waals surface area contributed by atoms with Crippen molar-refractivity contribution in [1.29, 1.82) is 0 Å². The minimum atomic E-state index is -1.37. The summed E-state index contributed by atoms with van der Waals surface area (Å²) in [6, 6.07) is 13.8. The van der Waals surface area contributed by atoms with E-state index in [1.165, 1.54) is 31.2 Å². The molecule has 6 rings (SSSR count). The Kier molecular flexibility index (Phi) is 5.75. The molecule has 6 nitrogen and oxygen atoms in total. The number of rotatable bonds is 6. The SMILES string of the molecule is CSNc1ccc2c(c1)C1(CCC3(CC3)CC1)CN2C(=O)c1cccc(S(=O)NC2COC2)c1. The molecule has 1 saturated heterocycles. The molecule has 2 aliphatic carbocycles. The fraction of sp³-hybridized carbons (Fsp3) is 0.500. The molecular formula is C26H31N3O3S2. The molecule has 8 heteroatoms. The van der Waals surface area contributed by atoms with E-state index in [2.05, 4.69) is 27.6 Å². The number of fused-ring (bicyclic) bond motifs is 2. The Morgan fingerprint density at radius 2 is 1.85 bits per heavy atom. The average molecular weight is 498 g/mol. The molecule has 1 atom stereocenters. The Labute approximate surface area is 207 Å². The van der Waals surface area contributed by atoms with Crippen LogP contribution in [0.25, 0.3) is 0 Å². The van der Waals surface area contributed by atoms with Gasteiger partial charge in [0.25, 0.3) is 5.91 Å². The number of amides is 1. The van der Waals surface area contributed by atoms with Crippen LogP contribution in [0.4, 0.5) is 11.4 Å². The number of nitrogens with one attached hydrogen (secondary N) is 2. The highest BCUT2D eigenvalue weighted by atomic mass is 32.2. The highest BCUT2D eigenvalue weighted by Crippen LogP contribution is 2.62. The number of ether oxygens (including phenoxy) is 1. The molecule has 180 valence electrons. The third-order valence-electron chi connectivity index (χ3n) is 8.22. The molecule has 34 heavy (non-hydrogen) atoms. The van der Waals surface area contributed by atoms with Crippen molar-refractivity contribution >= 4 is 40.2 Å². The fourth-order valence-corrected chi connectivity index (χ4v) is 7.19. The number of anilines is 2. The van der Waals surface area contributed by atoms with Crippen molar-refractivity contribution in [2.75, 3.05) is 35.6 Å². The zero-order valence-electron chi connectivity index (χ0n) is 19.5. The first kappa shape index (κ1) is 22.6. The van der Waals surface area contributed by atoms with Crippen molar-refractivity contribution in [3.63, 3.8) is 0 Å². The van der Waals surface area contributed by atoms with E-state index in [9.17, 15) is 9.00 Å². The van der Waals surface area contributed by atoms with E-state index in [4.69, 9.17) is 4.74 Å². The molecule has 0 radical (unpaired) electrons. The van der Waals surface area contributed by atoms with E-state index in [0.717, 1.165) is 30.8 Å². The van der Waals surface area contributed by atoms with Crippen LogP contribution in [0.2, 0.25) is 0 Å². The van der Waals surface area contributed by atoms with Gasteiger partial charge in [0.15, 0.2) is 0 Å². The number of hydrogen-bond donors (Lipinski definition) is 2. The molecule has 2 spiro atoms. The minimum absolute atomic E-state index is 0.0127. The van der Waals surface area contributed by atoms with Crippen LogP contribution in [0.5, 0.6) is 0 Å². The van der Waals surface area contributed by atoms with E-state index in [1.807, 2.05) is 29.4 Å². The molecule has 2 N–H and O–H groups in total. The molecule has 2 heterocycles. The second-order valence-corrected chi connectivity index (χ2v) is 12.2. The molecule has 3 fully saturated rings. The highest BCUT2D eigenvalue weighted by Gasteiger charge is 2.53. The first-order valence-corrected chi connectivity index (χ1v) is 14.5. The molecule has 1 unspecified atom stereocenters. The highest BCUT2D eigenvalue weighted by molar-refractivity contribution is 7.99. The summed E-state index contributed by atoms with van der Waals surface area (Å²) in [6.07, 6.45) is 9.59. The van der Waals surface area contributed by atoms with Gasteiger partial charge in [0.05, 0.1) is 24.2 Å². The van der Waals surface area contributed by atoms with Crippen molar-refractivity contribution in [1.82, 2.24) is 4.72 Å². The second kappa shape index (κ2) is 8.66. The summed E-state index contributed by atoms with van der Waals surface area (Å²) >= 11 is 1.59. The van der Waals surface area contributed by atoms with Gasteiger partial charge in [-0.1, -0.05) is 18.0 Å². The second-order valence-electron chi connectivity index (χ2n) is 10.4. The Hall–Kier alpha value is -1.87. The van der Waals surface area contributed by atoms with Gasteiger partial charge < -0.3 is 14.4 Å². The maximum atomic E-state index is 13.8. The minimum Gasteiger partial charge on any atom is -0.378 e. The normalized spacial score (nSPS) is 22.9. The van der Waals surface area contributed by atoms with Gasteiger partial charge in [-0.25, -0.2) is 8.93 Å². The topological polar surface area (TPSA) is 70.7 Å². The monoisotopic (exact) mass is 497 g/mol. The summed E-state index contributed by atoms with van der Waals surface area (Å²) < 4.78 is 24.4. The summed E-state index contributed by atoms with van der Waals surface area (Å²) in [5, 5.41) is 0. The van der Waals surface area contributed by atoms with Gasteiger partial charge in [-0.15, -0.1) is 0 Å². The fourth-order valence-electron chi connectivity index (χ4n) is 5.82. The van der Waals surface area contributed by atoms with E-state index in [0.29, 0.717) is 29.1 Å². The largest absolute Gasteiger partial charge is 0.378 e. The molecule has 2 aromatic rings. The van der Waals surface area contributed by atoms with Crippen molar-refractivity contribution in [2.24, 2.45) is 5.41 Å².